The van der Waals surface area contributed by atoms with Crippen LogP contribution in [0.4, 0.5) is 0 Å². The SMILES string of the molecule is CC(C)c1ccc(S(=O)(=O)c2cc(Cl)sc2Cl)cc1S(=O)(=O)NCCc1ccccn1. The number of halogens is 2. The Balaban J connectivity index is 1.97. The molecule has 0 spiro atoms. The van der Waals surface area contributed by atoms with Gasteiger partial charge >= 0.3 is 0 Å². The summed E-state index contributed by atoms with van der Waals surface area (Å²) in [6, 6.07) is 10.8. The van der Waals surface area contributed by atoms with Crippen LogP contribution in [0, 0.1) is 0 Å². The van der Waals surface area contributed by atoms with Crippen molar-refractivity contribution in [1.29, 1.82) is 0 Å². The van der Waals surface area contributed by atoms with Gasteiger partial charge in [-0.3, -0.25) is 4.98 Å². The van der Waals surface area contributed by atoms with E-state index in [2.05, 4.69) is 9.71 Å². The van der Waals surface area contributed by atoms with Crippen molar-refractivity contribution in [3.63, 3.8) is 0 Å². The zero-order valence-corrected chi connectivity index (χ0v) is 20.6. The summed E-state index contributed by atoms with van der Waals surface area (Å²) in [5.41, 5.74) is 1.26. The first kappa shape index (κ1) is 24.2. The van der Waals surface area contributed by atoms with Crippen LogP contribution in [0.5, 0.6) is 0 Å². The Kier molecular flexibility index (Phi) is 7.45. The summed E-state index contributed by atoms with van der Waals surface area (Å²) in [4.78, 5) is 3.78. The standard InChI is InChI=1S/C20H20Cl2N2O4S3/c1-13(2)16-7-6-15(30(25,26)18-12-19(21)29-20(18)22)11-17(16)31(27,28)24-10-8-14-5-3-4-9-23-14/h3-7,9,11-13,24H,8,10H2,1-2H3. The van der Waals surface area contributed by atoms with E-state index in [1.54, 1.807) is 18.3 Å². The number of hydrogen-bond acceptors (Lipinski definition) is 6. The van der Waals surface area contributed by atoms with E-state index in [0.717, 1.165) is 17.0 Å². The van der Waals surface area contributed by atoms with Crippen LogP contribution in [0.2, 0.25) is 8.67 Å². The summed E-state index contributed by atoms with van der Waals surface area (Å²) < 4.78 is 55.1. The maximum atomic E-state index is 13.1. The Bertz CT molecular complexity index is 1290. The number of nitrogens with zero attached hydrogens (tertiary/aromatic N) is 1. The molecule has 0 atom stereocenters. The van der Waals surface area contributed by atoms with E-state index in [1.165, 1.54) is 24.3 Å². The van der Waals surface area contributed by atoms with E-state index in [-0.39, 0.29) is 35.8 Å². The highest BCUT2D eigenvalue weighted by Gasteiger charge is 2.27. The molecule has 0 bridgehead atoms. The van der Waals surface area contributed by atoms with E-state index in [9.17, 15) is 16.8 Å². The highest BCUT2D eigenvalue weighted by Crippen LogP contribution is 2.38. The van der Waals surface area contributed by atoms with Crippen LogP contribution in [-0.2, 0) is 26.3 Å². The lowest BCUT2D eigenvalue weighted by atomic mass is 10.0. The van der Waals surface area contributed by atoms with Crippen LogP contribution >= 0.6 is 34.5 Å². The van der Waals surface area contributed by atoms with Crippen molar-refractivity contribution < 1.29 is 16.8 Å². The zero-order chi connectivity index (χ0) is 22.8. The molecule has 0 radical (unpaired) electrons. The maximum Gasteiger partial charge on any atom is 0.240 e. The van der Waals surface area contributed by atoms with Gasteiger partial charge in [0.05, 0.1) is 14.1 Å². The normalized spacial score (nSPS) is 12.4. The third kappa shape index (κ3) is 5.47. The molecule has 0 saturated carbocycles. The predicted octanol–water partition coefficient (Wildman–Crippen LogP) is 4.93. The number of nitrogens with one attached hydrogen (secondary N) is 1. The number of sulfone groups is 1. The molecule has 6 nitrogen and oxygen atoms in total. The highest BCUT2D eigenvalue weighted by molar-refractivity contribution is 7.92. The molecule has 166 valence electrons. The molecular formula is C20H20Cl2N2O4S3. The van der Waals surface area contributed by atoms with Crippen molar-refractivity contribution in [2.45, 2.75) is 40.9 Å². The van der Waals surface area contributed by atoms with Crippen LogP contribution in [-0.4, -0.2) is 28.4 Å². The Hall–Kier alpha value is -1.49. The van der Waals surface area contributed by atoms with E-state index < -0.39 is 19.9 Å². The molecule has 0 unspecified atom stereocenters. The number of aromatic nitrogens is 1. The summed E-state index contributed by atoms with van der Waals surface area (Å²) in [5.74, 6) is -0.140. The summed E-state index contributed by atoms with van der Waals surface area (Å²) in [6.45, 7) is 3.80. The van der Waals surface area contributed by atoms with Gasteiger partial charge in [0.15, 0.2) is 0 Å². The van der Waals surface area contributed by atoms with Gasteiger partial charge in [-0.05, 0) is 41.8 Å². The second kappa shape index (κ2) is 9.56. The molecule has 3 aromatic rings. The zero-order valence-electron chi connectivity index (χ0n) is 16.7. The van der Waals surface area contributed by atoms with E-state index in [4.69, 9.17) is 23.2 Å². The van der Waals surface area contributed by atoms with Gasteiger partial charge in [0.1, 0.15) is 9.23 Å². The van der Waals surface area contributed by atoms with Crippen LogP contribution in [0.25, 0.3) is 0 Å². The molecule has 0 aliphatic rings. The van der Waals surface area contributed by atoms with Crippen LogP contribution in [0.3, 0.4) is 0 Å². The minimum atomic E-state index is -4.05. The lowest BCUT2D eigenvalue weighted by Gasteiger charge is -2.16. The topological polar surface area (TPSA) is 93.2 Å². The second-order valence-corrected chi connectivity index (χ2v) is 13.0. The number of hydrogen-bond donors (Lipinski definition) is 1. The smallest absolute Gasteiger partial charge is 0.240 e. The van der Waals surface area contributed by atoms with Crippen LogP contribution < -0.4 is 4.72 Å². The molecule has 0 aliphatic heterocycles. The largest absolute Gasteiger partial charge is 0.261 e. The first-order valence-corrected chi connectivity index (χ1v) is 13.8. The maximum absolute atomic E-state index is 13.1. The fourth-order valence-electron chi connectivity index (χ4n) is 2.96. The lowest BCUT2D eigenvalue weighted by molar-refractivity contribution is 0.578. The predicted molar refractivity (Wildman–Crippen MR) is 123 cm³/mol. The summed E-state index contributed by atoms with van der Waals surface area (Å²) in [7, 11) is -8.02. The minimum Gasteiger partial charge on any atom is -0.261 e. The molecule has 2 heterocycles. The molecule has 1 N–H and O–H groups in total. The molecule has 0 amide bonds. The van der Waals surface area contributed by atoms with E-state index in [0.29, 0.717) is 12.0 Å². The Morgan fingerprint density at radius 2 is 1.77 bits per heavy atom. The Labute approximate surface area is 196 Å². The molecule has 31 heavy (non-hydrogen) atoms. The molecule has 0 saturated heterocycles. The summed E-state index contributed by atoms with van der Waals surface area (Å²) in [6.07, 6.45) is 2.04. The number of rotatable bonds is 8. The van der Waals surface area contributed by atoms with Gasteiger partial charge in [0.25, 0.3) is 0 Å². The first-order chi connectivity index (χ1) is 14.5. The van der Waals surface area contributed by atoms with E-state index in [1.807, 2.05) is 19.9 Å². The third-order valence-corrected chi connectivity index (χ3v) is 9.54. The highest BCUT2D eigenvalue weighted by atomic mass is 35.5. The van der Waals surface area contributed by atoms with Crippen molar-refractivity contribution >= 4 is 54.4 Å². The third-order valence-electron chi connectivity index (χ3n) is 4.52. The monoisotopic (exact) mass is 518 g/mol. The Morgan fingerprint density at radius 3 is 2.35 bits per heavy atom. The average molecular weight is 519 g/mol. The molecule has 11 heteroatoms. The number of thiophene rings is 1. The molecule has 0 fully saturated rings. The van der Waals surface area contributed by atoms with Crippen molar-refractivity contribution in [2.24, 2.45) is 0 Å². The van der Waals surface area contributed by atoms with Gasteiger partial charge in [0, 0.05) is 24.9 Å². The fourth-order valence-corrected chi connectivity index (χ4v) is 7.89. The summed E-state index contributed by atoms with van der Waals surface area (Å²) in [5, 5.41) is 0. The average Bonchev–Trinajstić information content (AvgIpc) is 3.07. The quantitative estimate of drug-likeness (QED) is 0.456. The number of pyridine rings is 1. The van der Waals surface area contributed by atoms with Gasteiger partial charge < -0.3 is 0 Å². The fraction of sp³-hybridized carbons (Fsp3) is 0.250. The van der Waals surface area contributed by atoms with Crippen LogP contribution in [0.1, 0.15) is 31.0 Å². The molecule has 0 aliphatic carbocycles. The first-order valence-electron chi connectivity index (χ1n) is 9.26. The summed E-state index contributed by atoms with van der Waals surface area (Å²) >= 11 is 12.9. The number of sulfonamides is 1. The van der Waals surface area contributed by atoms with E-state index >= 15 is 0 Å². The second-order valence-electron chi connectivity index (χ2n) is 7.02. The van der Waals surface area contributed by atoms with Gasteiger partial charge in [-0.15, -0.1) is 11.3 Å². The van der Waals surface area contributed by atoms with Crippen molar-refractivity contribution in [3.05, 3.63) is 68.6 Å². The molecular weight excluding hydrogens is 499 g/mol. The Morgan fingerprint density at radius 1 is 1.03 bits per heavy atom. The van der Waals surface area contributed by atoms with Gasteiger partial charge in [0.2, 0.25) is 19.9 Å². The lowest BCUT2D eigenvalue weighted by Crippen LogP contribution is -2.27. The van der Waals surface area contributed by atoms with Crippen LogP contribution in [0.15, 0.2) is 63.3 Å². The minimum absolute atomic E-state index is 0.0239. The van der Waals surface area contributed by atoms with Gasteiger partial charge in [-0.2, -0.15) is 0 Å². The molecule has 2 aromatic heterocycles. The van der Waals surface area contributed by atoms with Gasteiger partial charge in [-0.25, -0.2) is 21.6 Å². The molecule has 1 aromatic carbocycles. The van der Waals surface area contributed by atoms with Crippen molar-refractivity contribution in [1.82, 2.24) is 9.71 Å². The van der Waals surface area contributed by atoms with Crippen molar-refractivity contribution in [3.8, 4) is 0 Å². The number of benzene rings is 1. The van der Waals surface area contributed by atoms with Crippen molar-refractivity contribution in [2.75, 3.05) is 6.54 Å². The molecule has 3 rings (SSSR count). The van der Waals surface area contributed by atoms with Gasteiger partial charge in [-0.1, -0.05) is 49.2 Å².